The summed E-state index contributed by atoms with van der Waals surface area (Å²) < 4.78 is 7.24. The summed E-state index contributed by atoms with van der Waals surface area (Å²) in [6.07, 6.45) is 3.02. The number of benzene rings is 1. The Hall–Kier alpha value is -2.76. The standard InChI is InChI=1S/C14H12N2O4/c1-2-6-15-8-20-11-5-3-4-9-12(11)16(15)7-10(13(9)17)14(18)19/h2-5,7H,1,6,8H2,(H,18,19). The SMILES string of the molecule is C=CCN1COc2cccc3c(=O)c(C(=O)O)cn1c23. The maximum Gasteiger partial charge on any atom is 0.341 e. The van der Waals surface area contributed by atoms with E-state index < -0.39 is 11.4 Å². The van der Waals surface area contributed by atoms with Gasteiger partial charge in [0.15, 0.2) is 6.73 Å². The number of carbonyl (C=O) groups is 1. The van der Waals surface area contributed by atoms with Crippen molar-refractivity contribution in [1.82, 2.24) is 4.68 Å². The predicted octanol–water partition coefficient (Wildman–Crippen LogP) is 1.17. The first-order valence-corrected chi connectivity index (χ1v) is 6.04. The number of hydrogen-bond donors (Lipinski definition) is 1. The summed E-state index contributed by atoms with van der Waals surface area (Å²) in [5.41, 5.74) is -0.184. The molecule has 20 heavy (non-hydrogen) atoms. The molecular formula is C14H12N2O4. The van der Waals surface area contributed by atoms with Gasteiger partial charge in [-0.15, -0.1) is 6.58 Å². The van der Waals surface area contributed by atoms with Gasteiger partial charge in [0, 0.05) is 6.20 Å². The van der Waals surface area contributed by atoms with E-state index in [-0.39, 0.29) is 12.3 Å². The summed E-state index contributed by atoms with van der Waals surface area (Å²) in [5, 5.41) is 11.3. The van der Waals surface area contributed by atoms with Gasteiger partial charge in [0.05, 0.1) is 11.9 Å². The number of ether oxygens (including phenoxy) is 1. The zero-order valence-corrected chi connectivity index (χ0v) is 10.6. The van der Waals surface area contributed by atoms with E-state index >= 15 is 0 Å². The molecule has 1 aliphatic heterocycles. The quantitative estimate of drug-likeness (QED) is 0.849. The number of rotatable bonds is 3. The highest BCUT2D eigenvalue weighted by Gasteiger charge is 2.22. The highest BCUT2D eigenvalue weighted by Crippen LogP contribution is 2.27. The van der Waals surface area contributed by atoms with Gasteiger partial charge < -0.3 is 9.84 Å². The van der Waals surface area contributed by atoms with E-state index in [1.54, 1.807) is 34.0 Å². The van der Waals surface area contributed by atoms with Gasteiger partial charge in [0.25, 0.3) is 0 Å². The van der Waals surface area contributed by atoms with Gasteiger partial charge in [-0.3, -0.25) is 14.5 Å². The number of aromatic nitrogens is 1. The molecule has 2 heterocycles. The normalized spacial score (nSPS) is 13.1. The molecule has 2 aromatic rings. The van der Waals surface area contributed by atoms with Crippen LogP contribution in [0.3, 0.4) is 0 Å². The van der Waals surface area contributed by atoms with Crippen LogP contribution in [0.5, 0.6) is 5.75 Å². The van der Waals surface area contributed by atoms with Gasteiger partial charge >= 0.3 is 5.97 Å². The van der Waals surface area contributed by atoms with Crippen LogP contribution >= 0.6 is 0 Å². The van der Waals surface area contributed by atoms with Crippen molar-refractivity contribution in [2.75, 3.05) is 18.3 Å². The molecule has 0 radical (unpaired) electrons. The Morgan fingerprint density at radius 3 is 3.00 bits per heavy atom. The Balaban J connectivity index is 2.41. The van der Waals surface area contributed by atoms with Crippen LogP contribution in [0.1, 0.15) is 10.4 Å². The maximum atomic E-state index is 12.2. The van der Waals surface area contributed by atoms with Crippen LogP contribution in [0.4, 0.5) is 0 Å². The first kappa shape index (κ1) is 12.3. The van der Waals surface area contributed by atoms with Gasteiger partial charge in [-0.25, -0.2) is 4.79 Å². The fraction of sp³-hybridized carbons (Fsp3) is 0.143. The minimum Gasteiger partial charge on any atom is -0.477 e. The number of pyridine rings is 1. The minimum atomic E-state index is -1.24. The van der Waals surface area contributed by atoms with Crippen LogP contribution in [0.2, 0.25) is 0 Å². The second-order valence-corrected chi connectivity index (χ2v) is 4.43. The van der Waals surface area contributed by atoms with Crippen molar-refractivity contribution >= 4 is 16.9 Å². The third-order valence-electron chi connectivity index (χ3n) is 3.21. The molecular weight excluding hydrogens is 260 g/mol. The van der Waals surface area contributed by atoms with E-state index in [0.29, 0.717) is 23.2 Å². The highest BCUT2D eigenvalue weighted by atomic mass is 16.5. The summed E-state index contributed by atoms with van der Waals surface area (Å²) in [7, 11) is 0. The fourth-order valence-corrected chi connectivity index (χ4v) is 2.32. The summed E-state index contributed by atoms with van der Waals surface area (Å²) in [4.78, 5) is 23.4. The molecule has 0 unspecified atom stereocenters. The van der Waals surface area contributed by atoms with Crippen LogP contribution < -0.4 is 15.2 Å². The van der Waals surface area contributed by atoms with Crippen molar-refractivity contribution in [1.29, 1.82) is 0 Å². The third-order valence-corrected chi connectivity index (χ3v) is 3.21. The summed E-state index contributed by atoms with van der Waals surface area (Å²) in [5.74, 6) is -0.673. The van der Waals surface area contributed by atoms with E-state index in [9.17, 15) is 9.59 Å². The van der Waals surface area contributed by atoms with Crippen LogP contribution in [0.25, 0.3) is 10.9 Å². The Kier molecular flexibility index (Phi) is 2.71. The maximum absolute atomic E-state index is 12.2. The second kappa shape index (κ2) is 4.41. The average Bonchev–Trinajstić information content (AvgIpc) is 2.44. The molecule has 1 aliphatic rings. The lowest BCUT2D eigenvalue weighted by atomic mass is 10.1. The van der Waals surface area contributed by atoms with Crippen molar-refractivity contribution in [2.24, 2.45) is 0 Å². The number of hydrogen-bond acceptors (Lipinski definition) is 4. The number of carboxylic acids is 1. The van der Waals surface area contributed by atoms with Gasteiger partial charge in [0.1, 0.15) is 16.8 Å². The van der Waals surface area contributed by atoms with Crippen molar-refractivity contribution in [3.05, 3.63) is 52.8 Å². The zero-order chi connectivity index (χ0) is 14.3. The van der Waals surface area contributed by atoms with Crippen molar-refractivity contribution in [3.8, 4) is 5.75 Å². The Labute approximate surface area is 114 Å². The monoisotopic (exact) mass is 272 g/mol. The van der Waals surface area contributed by atoms with E-state index in [1.807, 2.05) is 0 Å². The summed E-state index contributed by atoms with van der Waals surface area (Å²) >= 11 is 0. The van der Waals surface area contributed by atoms with Crippen molar-refractivity contribution in [3.63, 3.8) is 0 Å². The number of aromatic carboxylic acids is 1. The Bertz CT molecular complexity index is 779. The van der Waals surface area contributed by atoms with Crippen LogP contribution in [0, 0.1) is 0 Å². The smallest absolute Gasteiger partial charge is 0.341 e. The van der Waals surface area contributed by atoms with E-state index in [2.05, 4.69) is 6.58 Å². The van der Waals surface area contributed by atoms with Crippen LogP contribution in [-0.4, -0.2) is 29.0 Å². The average molecular weight is 272 g/mol. The molecule has 102 valence electrons. The molecule has 1 N–H and O–H groups in total. The van der Waals surface area contributed by atoms with Gasteiger partial charge in [0.2, 0.25) is 5.43 Å². The zero-order valence-electron chi connectivity index (χ0n) is 10.6. The van der Waals surface area contributed by atoms with Crippen molar-refractivity contribution < 1.29 is 14.6 Å². The molecule has 0 spiro atoms. The molecule has 0 saturated heterocycles. The van der Waals surface area contributed by atoms with E-state index in [1.165, 1.54) is 6.20 Å². The molecule has 0 atom stereocenters. The Morgan fingerprint density at radius 1 is 1.50 bits per heavy atom. The molecule has 0 bridgehead atoms. The van der Waals surface area contributed by atoms with E-state index in [4.69, 9.17) is 9.84 Å². The Morgan fingerprint density at radius 2 is 2.30 bits per heavy atom. The second-order valence-electron chi connectivity index (χ2n) is 4.43. The van der Waals surface area contributed by atoms with E-state index in [0.717, 1.165) is 0 Å². The van der Waals surface area contributed by atoms with Gasteiger partial charge in [-0.1, -0.05) is 12.1 Å². The van der Waals surface area contributed by atoms with Crippen molar-refractivity contribution in [2.45, 2.75) is 0 Å². The van der Waals surface area contributed by atoms with Crippen LogP contribution in [0.15, 0.2) is 41.8 Å². The molecule has 0 saturated carbocycles. The third kappa shape index (κ3) is 1.65. The van der Waals surface area contributed by atoms with Crippen LogP contribution in [-0.2, 0) is 0 Å². The number of carboxylic acid groups (broad SMARTS) is 1. The van der Waals surface area contributed by atoms with Gasteiger partial charge in [-0.2, -0.15) is 0 Å². The first-order valence-electron chi connectivity index (χ1n) is 6.04. The molecule has 0 fully saturated rings. The molecule has 1 aromatic heterocycles. The summed E-state index contributed by atoms with van der Waals surface area (Å²) in [6, 6.07) is 5.03. The lowest BCUT2D eigenvalue weighted by molar-refractivity contribution is 0.0694. The molecule has 6 nitrogen and oxygen atoms in total. The molecule has 0 amide bonds. The lowest BCUT2D eigenvalue weighted by Gasteiger charge is -2.32. The fourth-order valence-electron chi connectivity index (χ4n) is 2.32. The molecule has 3 rings (SSSR count). The largest absolute Gasteiger partial charge is 0.477 e. The first-order chi connectivity index (χ1) is 9.63. The summed E-state index contributed by atoms with van der Waals surface area (Å²) in [6.45, 7) is 4.40. The topological polar surface area (TPSA) is 71.8 Å². The predicted molar refractivity (Wildman–Crippen MR) is 73.9 cm³/mol. The molecule has 6 heteroatoms. The molecule has 0 aliphatic carbocycles. The lowest BCUT2D eigenvalue weighted by Crippen LogP contribution is -2.42. The molecule has 1 aromatic carbocycles. The number of nitrogens with zero attached hydrogens (tertiary/aromatic N) is 2. The van der Waals surface area contributed by atoms with Gasteiger partial charge in [-0.05, 0) is 12.1 Å². The minimum absolute atomic E-state index is 0.259. The number of para-hydroxylation sites is 1. The highest BCUT2D eigenvalue weighted by molar-refractivity contribution is 5.94.